The van der Waals surface area contributed by atoms with Crippen LogP contribution in [0.1, 0.15) is 27.6 Å². The average Bonchev–Trinajstić information content (AvgIpc) is 2.79. The second-order valence-electron chi connectivity index (χ2n) is 6.39. The van der Waals surface area contributed by atoms with E-state index in [4.69, 9.17) is 14.2 Å². The van der Waals surface area contributed by atoms with E-state index < -0.39 is 0 Å². The van der Waals surface area contributed by atoms with Gasteiger partial charge in [0.25, 0.3) is 0 Å². The lowest BCUT2D eigenvalue weighted by atomic mass is 10.0. The Bertz CT molecular complexity index is 939. The SMILES string of the molecule is COc1ccc(C(=O)CC(Sc2ccc(OC)c(OC)c2)c2ccccc2)cc1. The molecule has 4 nitrogen and oxygen atoms in total. The standard InChI is InChI=1S/C24H24O4S/c1-26-19-11-9-17(10-12-19)21(25)16-24(18-7-5-4-6-8-18)29-20-13-14-22(27-2)23(15-20)28-3/h4-15,24H,16H2,1-3H3. The third kappa shape index (κ3) is 5.33. The predicted octanol–water partition coefficient (Wildman–Crippen LogP) is 5.82. The van der Waals surface area contributed by atoms with Gasteiger partial charge in [0.05, 0.1) is 21.3 Å². The molecule has 0 fully saturated rings. The first-order chi connectivity index (χ1) is 14.1. The van der Waals surface area contributed by atoms with Crippen molar-refractivity contribution in [2.75, 3.05) is 21.3 Å². The van der Waals surface area contributed by atoms with Gasteiger partial charge in [-0.1, -0.05) is 30.3 Å². The monoisotopic (exact) mass is 408 g/mol. The van der Waals surface area contributed by atoms with Gasteiger partial charge in [0.15, 0.2) is 17.3 Å². The van der Waals surface area contributed by atoms with Gasteiger partial charge in [-0.2, -0.15) is 0 Å². The second-order valence-corrected chi connectivity index (χ2v) is 7.67. The molecule has 5 heteroatoms. The zero-order valence-electron chi connectivity index (χ0n) is 16.8. The van der Waals surface area contributed by atoms with Gasteiger partial charge < -0.3 is 14.2 Å². The fourth-order valence-electron chi connectivity index (χ4n) is 3.01. The fraction of sp³-hybridized carbons (Fsp3) is 0.208. The zero-order valence-corrected chi connectivity index (χ0v) is 17.6. The molecule has 3 aromatic carbocycles. The molecule has 150 valence electrons. The van der Waals surface area contributed by atoms with E-state index in [0.717, 1.165) is 16.2 Å². The predicted molar refractivity (Wildman–Crippen MR) is 117 cm³/mol. The molecule has 1 atom stereocenters. The minimum absolute atomic E-state index is 0.0242. The normalized spacial score (nSPS) is 11.6. The summed E-state index contributed by atoms with van der Waals surface area (Å²) in [5.74, 6) is 2.18. The molecule has 0 aliphatic heterocycles. The molecular weight excluding hydrogens is 384 g/mol. The number of carbonyl (C=O) groups excluding carboxylic acids is 1. The van der Waals surface area contributed by atoms with Gasteiger partial charge in [-0.15, -0.1) is 11.8 Å². The second kappa shape index (κ2) is 10.0. The number of thioether (sulfide) groups is 1. The Morgan fingerprint density at radius 3 is 2.14 bits per heavy atom. The number of ether oxygens (including phenoxy) is 3. The van der Waals surface area contributed by atoms with Crippen molar-refractivity contribution in [3.8, 4) is 17.2 Å². The summed E-state index contributed by atoms with van der Waals surface area (Å²) in [6.07, 6.45) is 0.384. The molecule has 29 heavy (non-hydrogen) atoms. The highest BCUT2D eigenvalue weighted by molar-refractivity contribution is 7.99. The highest BCUT2D eigenvalue weighted by Gasteiger charge is 2.19. The van der Waals surface area contributed by atoms with E-state index in [1.54, 1.807) is 33.1 Å². The number of methoxy groups -OCH3 is 3. The van der Waals surface area contributed by atoms with Crippen molar-refractivity contribution in [1.82, 2.24) is 0 Å². The summed E-state index contributed by atoms with van der Waals surface area (Å²) in [7, 11) is 4.85. The molecule has 0 radical (unpaired) electrons. The molecular formula is C24H24O4S. The molecule has 0 aliphatic carbocycles. The van der Waals surface area contributed by atoms with Crippen molar-refractivity contribution in [2.24, 2.45) is 0 Å². The van der Waals surface area contributed by atoms with Gasteiger partial charge in [-0.25, -0.2) is 0 Å². The lowest BCUT2D eigenvalue weighted by molar-refractivity contribution is 0.0982. The molecule has 0 bridgehead atoms. The van der Waals surface area contributed by atoms with Crippen molar-refractivity contribution in [2.45, 2.75) is 16.6 Å². The van der Waals surface area contributed by atoms with Gasteiger partial charge in [0.1, 0.15) is 5.75 Å². The van der Waals surface area contributed by atoms with Crippen LogP contribution >= 0.6 is 11.8 Å². The van der Waals surface area contributed by atoms with Crippen molar-refractivity contribution in [3.63, 3.8) is 0 Å². The summed E-state index contributed by atoms with van der Waals surface area (Å²) in [4.78, 5) is 14.0. The first-order valence-electron chi connectivity index (χ1n) is 9.25. The third-order valence-electron chi connectivity index (χ3n) is 4.59. The number of hydrogen-bond acceptors (Lipinski definition) is 5. The number of hydrogen-bond donors (Lipinski definition) is 0. The van der Waals surface area contributed by atoms with Gasteiger partial charge in [-0.3, -0.25) is 4.79 Å². The molecule has 0 N–H and O–H groups in total. The minimum atomic E-state index is -0.0242. The summed E-state index contributed by atoms with van der Waals surface area (Å²) in [5.41, 5.74) is 1.79. The maximum absolute atomic E-state index is 12.9. The topological polar surface area (TPSA) is 44.8 Å². The van der Waals surface area contributed by atoms with Crippen molar-refractivity contribution in [1.29, 1.82) is 0 Å². The summed E-state index contributed by atoms with van der Waals surface area (Å²) >= 11 is 1.64. The highest BCUT2D eigenvalue weighted by atomic mass is 32.2. The molecule has 3 rings (SSSR count). The van der Waals surface area contributed by atoms with Crippen LogP contribution in [-0.2, 0) is 0 Å². The fourth-order valence-corrected chi connectivity index (χ4v) is 4.19. The van der Waals surface area contributed by atoms with Gasteiger partial charge in [0, 0.05) is 22.1 Å². The van der Waals surface area contributed by atoms with E-state index in [0.29, 0.717) is 23.5 Å². The van der Waals surface area contributed by atoms with E-state index in [1.807, 2.05) is 60.7 Å². The summed E-state index contributed by atoms with van der Waals surface area (Å²) < 4.78 is 15.9. The number of ketones is 1. The molecule has 0 saturated carbocycles. The Hall–Kier alpha value is -2.92. The molecule has 0 heterocycles. The first kappa shape index (κ1) is 20.8. The van der Waals surface area contributed by atoms with Crippen molar-refractivity contribution in [3.05, 3.63) is 83.9 Å². The summed E-state index contributed by atoms with van der Waals surface area (Å²) in [6, 6.07) is 23.1. The first-order valence-corrected chi connectivity index (χ1v) is 10.1. The van der Waals surface area contributed by atoms with Gasteiger partial charge in [0.2, 0.25) is 0 Å². The van der Waals surface area contributed by atoms with Crippen LogP contribution in [0, 0.1) is 0 Å². The van der Waals surface area contributed by atoms with E-state index >= 15 is 0 Å². The lowest BCUT2D eigenvalue weighted by Gasteiger charge is -2.18. The van der Waals surface area contributed by atoms with E-state index in [9.17, 15) is 4.79 Å². The smallest absolute Gasteiger partial charge is 0.164 e. The van der Waals surface area contributed by atoms with E-state index in [-0.39, 0.29) is 11.0 Å². The lowest BCUT2D eigenvalue weighted by Crippen LogP contribution is -2.05. The van der Waals surface area contributed by atoms with Gasteiger partial charge >= 0.3 is 0 Å². The van der Waals surface area contributed by atoms with Crippen LogP contribution in [0.25, 0.3) is 0 Å². The highest BCUT2D eigenvalue weighted by Crippen LogP contribution is 2.41. The van der Waals surface area contributed by atoms with Crippen LogP contribution in [0.2, 0.25) is 0 Å². The van der Waals surface area contributed by atoms with Crippen LogP contribution in [-0.4, -0.2) is 27.1 Å². The minimum Gasteiger partial charge on any atom is -0.497 e. The number of benzene rings is 3. The van der Waals surface area contributed by atoms with E-state index in [2.05, 4.69) is 12.1 Å². The Morgan fingerprint density at radius 1 is 0.828 bits per heavy atom. The Labute approximate surface area is 175 Å². The maximum Gasteiger partial charge on any atom is 0.164 e. The van der Waals surface area contributed by atoms with Crippen molar-refractivity contribution >= 4 is 17.5 Å². The molecule has 0 aromatic heterocycles. The summed E-state index contributed by atoms with van der Waals surface area (Å²) in [6.45, 7) is 0. The largest absolute Gasteiger partial charge is 0.497 e. The molecule has 0 spiro atoms. The molecule has 3 aromatic rings. The van der Waals surface area contributed by atoms with Crippen LogP contribution in [0.4, 0.5) is 0 Å². The Balaban J connectivity index is 1.84. The summed E-state index contributed by atoms with van der Waals surface area (Å²) in [5, 5.41) is -0.0242. The molecule has 0 aliphatic rings. The average molecular weight is 409 g/mol. The number of rotatable bonds is 9. The van der Waals surface area contributed by atoms with Crippen LogP contribution in [0.5, 0.6) is 17.2 Å². The van der Waals surface area contributed by atoms with Gasteiger partial charge in [-0.05, 0) is 48.0 Å². The van der Waals surface area contributed by atoms with E-state index in [1.165, 1.54) is 0 Å². The number of carbonyl (C=O) groups is 1. The van der Waals surface area contributed by atoms with Crippen molar-refractivity contribution < 1.29 is 19.0 Å². The molecule has 0 amide bonds. The molecule has 0 saturated heterocycles. The Morgan fingerprint density at radius 2 is 1.52 bits per heavy atom. The molecule has 1 unspecified atom stereocenters. The maximum atomic E-state index is 12.9. The Kier molecular flexibility index (Phi) is 7.19. The zero-order chi connectivity index (χ0) is 20.6. The number of Topliss-reactive ketones (excluding diaryl/α,β-unsaturated/α-hetero) is 1. The van der Waals surface area contributed by atoms with Crippen LogP contribution in [0.15, 0.2) is 77.7 Å². The quantitative estimate of drug-likeness (QED) is 0.330. The third-order valence-corrected chi connectivity index (χ3v) is 5.84. The van der Waals surface area contributed by atoms with Crippen LogP contribution < -0.4 is 14.2 Å². The van der Waals surface area contributed by atoms with Crippen LogP contribution in [0.3, 0.4) is 0 Å².